The summed E-state index contributed by atoms with van der Waals surface area (Å²) < 4.78 is 11.2. The number of unbranched alkanes of at least 4 members (excludes halogenated alkanes) is 6. The molecular formula is C27H40N2O3. The lowest BCUT2D eigenvalue weighted by molar-refractivity contribution is -0.134. The van der Waals surface area contributed by atoms with Gasteiger partial charge in [0.2, 0.25) is 0 Å². The van der Waals surface area contributed by atoms with E-state index in [2.05, 4.69) is 30.7 Å². The van der Waals surface area contributed by atoms with Crippen LogP contribution in [0.25, 0.3) is 11.4 Å². The number of esters is 1. The highest BCUT2D eigenvalue weighted by Crippen LogP contribution is 2.21. The van der Waals surface area contributed by atoms with Gasteiger partial charge in [0, 0.05) is 12.0 Å². The van der Waals surface area contributed by atoms with Crippen LogP contribution in [0.15, 0.2) is 36.7 Å². The Labute approximate surface area is 194 Å². The molecule has 0 spiro atoms. The van der Waals surface area contributed by atoms with E-state index >= 15 is 0 Å². The van der Waals surface area contributed by atoms with Gasteiger partial charge >= 0.3 is 5.97 Å². The van der Waals surface area contributed by atoms with Gasteiger partial charge in [-0.15, -0.1) is 0 Å². The number of rotatable bonds is 16. The van der Waals surface area contributed by atoms with E-state index in [1.54, 1.807) is 12.4 Å². The summed E-state index contributed by atoms with van der Waals surface area (Å²) in [5, 5.41) is 0. The molecule has 0 fully saturated rings. The molecule has 0 N–H and O–H groups in total. The lowest BCUT2D eigenvalue weighted by atomic mass is 10.0. The molecule has 0 radical (unpaired) electrons. The van der Waals surface area contributed by atoms with E-state index in [-0.39, 0.29) is 5.97 Å². The van der Waals surface area contributed by atoms with Crippen LogP contribution < -0.4 is 9.47 Å². The molecule has 1 unspecified atom stereocenters. The zero-order chi connectivity index (χ0) is 23.0. The summed E-state index contributed by atoms with van der Waals surface area (Å²) in [6, 6.07) is 7.79. The lowest BCUT2D eigenvalue weighted by Crippen LogP contribution is -2.08. The Morgan fingerprint density at radius 2 is 1.56 bits per heavy atom. The van der Waals surface area contributed by atoms with Crippen LogP contribution in [0.3, 0.4) is 0 Å². The lowest BCUT2D eigenvalue weighted by Gasteiger charge is -2.08. The first-order valence-corrected chi connectivity index (χ1v) is 12.4. The van der Waals surface area contributed by atoms with E-state index in [4.69, 9.17) is 9.47 Å². The van der Waals surface area contributed by atoms with E-state index in [0.717, 1.165) is 43.1 Å². The number of benzene rings is 1. The Balaban J connectivity index is 1.70. The first-order valence-electron chi connectivity index (χ1n) is 12.4. The molecule has 2 aromatic rings. The molecule has 0 aliphatic carbocycles. The number of hydrogen-bond acceptors (Lipinski definition) is 5. The first kappa shape index (κ1) is 25.8. The van der Waals surface area contributed by atoms with E-state index in [1.165, 1.54) is 44.9 Å². The second-order valence-electron chi connectivity index (χ2n) is 8.62. The Morgan fingerprint density at radius 3 is 2.25 bits per heavy atom. The third kappa shape index (κ3) is 10.3. The van der Waals surface area contributed by atoms with E-state index < -0.39 is 0 Å². The van der Waals surface area contributed by atoms with E-state index in [0.29, 0.717) is 18.0 Å². The van der Waals surface area contributed by atoms with Crippen LogP contribution in [0, 0.1) is 5.92 Å². The highest BCUT2D eigenvalue weighted by atomic mass is 16.5. The minimum Gasteiger partial charge on any atom is -0.494 e. The number of carbonyl (C=O) groups is 1. The number of carbonyl (C=O) groups excluding carboxylic acids is 1. The van der Waals surface area contributed by atoms with Gasteiger partial charge in [-0.2, -0.15) is 0 Å². The fraction of sp³-hybridized carbons (Fsp3) is 0.593. The first-order chi connectivity index (χ1) is 15.6. The van der Waals surface area contributed by atoms with Crippen molar-refractivity contribution in [2.45, 2.75) is 91.4 Å². The molecule has 0 saturated heterocycles. The van der Waals surface area contributed by atoms with Crippen molar-refractivity contribution < 1.29 is 14.3 Å². The molecule has 1 aromatic carbocycles. The van der Waals surface area contributed by atoms with Crippen molar-refractivity contribution in [2.24, 2.45) is 5.92 Å². The summed E-state index contributed by atoms with van der Waals surface area (Å²) in [6.45, 7) is 7.46. The average Bonchev–Trinajstić information content (AvgIpc) is 2.82. The number of ether oxygens (including phenoxy) is 2. The molecule has 0 aliphatic rings. The molecule has 2 rings (SSSR count). The van der Waals surface area contributed by atoms with E-state index in [9.17, 15) is 4.79 Å². The van der Waals surface area contributed by atoms with Crippen LogP contribution in [0.2, 0.25) is 0 Å². The van der Waals surface area contributed by atoms with Gasteiger partial charge < -0.3 is 9.47 Å². The quantitative estimate of drug-likeness (QED) is 0.201. The molecule has 5 nitrogen and oxygen atoms in total. The standard InChI is InChI=1S/C27H40N2O3/c1-4-6-7-8-12-19-31-24-17-15-23(16-18-24)27-28-20-25(21-29-27)32-26(30)14-11-9-10-13-22(3)5-2/h15-18,20-22H,4-14,19H2,1-3H3. The van der Waals surface area contributed by atoms with Gasteiger partial charge in [-0.25, -0.2) is 9.97 Å². The molecule has 1 atom stereocenters. The zero-order valence-electron chi connectivity index (χ0n) is 20.1. The molecule has 0 amide bonds. The molecule has 0 aliphatic heterocycles. The molecule has 0 bridgehead atoms. The Hall–Kier alpha value is -2.43. The molecule has 5 heteroatoms. The van der Waals surface area contributed by atoms with Gasteiger partial charge in [0.05, 0.1) is 19.0 Å². The van der Waals surface area contributed by atoms with Crippen LogP contribution in [0.1, 0.15) is 91.4 Å². The van der Waals surface area contributed by atoms with Crippen LogP contribution >= 0.6 is 0 Å². The fourth-order valence-corrected chi connectivity index (χ4v) is 3.44. The fourth-order valence-electron chi connectivity index (χ4n) is 3.44. The minimum atomic E-state index is -0.221. The topological polar surface area (TPSA) is 61.3 Å². The van der Waals surface area contributed by atoms with Gasteiger partial charge in [0.25, 0.3) is 0 Å². The van der Waals surface area contributed by atoms with Crippen molar-refractivity contribution in [3.8, 4) is 22.9 Å². The van der Waals surface area contributed by atoms with Crippen molar-refractivity contribution in [2.75, 3.05) is 6.61 Å². The Kier molecular flexibility index (Phi) is 12.4. The molecular weight excluding hydrogens is 400 g/mol. The van der Waals surface area contributed by atoms with Crippen LogP contribution in [0.4, 0.5) is 0 Å². The van der Waals surface area contributed by atoms with Gasteiger partial charge in [-0.1, -0.05) is 72.1 Å². The smallest absolute Gasteiger partial charge is 0.311 e. The summed E-state index contributed by atoms with van der Waals surface area (Å²) in [5.41, 5.74) is 0.902. The van der Waals surface area contributed by atoms with Gasteiger partial charge in [-0.05, 0) is 43.0 Å². The summed E-state index contributed by atoms with van der Waals surface area (Å²) in [6.07, 6.45) is 15.2. The largest absolute Gasteiger partial charge is 0.494 e. The maximum atomic E-state index is 12.0. The van der Waals surface area contributed by atoms with Crippen molar-refractivity contribution in [3.63, 3.8) is 0 Å². The molecule has 1 heterocycles. The van der Waals surface area contributed by atoms with E-state index in [1.807, 2.05) is 24.3 Å². The van der Waals surface area contributed by atoms with Gasteiger partial charge in [0.1, 0.15) is 5.75 Å². The van der Waals surface area contributed by atoms with Crippen LogP contribution in [-0.4, -0.2) is 22.5 Å². The Bertz CT molecular complexity index is 759. The van der Waals surface area contributed by atoms with Crippen molar-refractivity contribution >= 4 is 5.97 Å². The molecule has 32 heavy (non-hydrogen) atoms. The SMILES string of the molecule is CCCCCCCOc1ccc(-c2ncc(OC(=O)CCCCCC(C)CC)cn2)cc1. The summed E-state index contributed by atoms with van der Waals surface area (Å²) in [4.78, 5) is 20.7. The van der Waals surface area contributed by atoms with Crippen LogP contribution in [0.5, 0.6) is 11.5 Å². The number of aromatic nitrogens is 2. The maximum absolute atomic E-state index is 12.0. The maximum Gasteiger partial charge on any atom is 0.311 e. The minimum absolute atomic E-state index is 0.221. The van der Waals surface area contributed by atoms with Crippen LogP contribution in [-0.2, 0) is 4.79 Å². The third-order valence-electron chi connectivity index (χ3n) is 5.76. The predicted octanol–water partition coefficient (Wildman–Crippen LogP) is 7.39. The average molecular weight is 441 g/mol. The third-order valence-corrected chi connectivity index (χ3v) is 5.76. The second-order valence-corrected chi connectivity index (χ2v) is 8.62. The highest BCUT2D eigenvalue weighted by Gasteiger charge is 2.08. The number of hydrogen-bond donors (Lipinski definition) is 0. The molecule has 1 aromatic heterocycles. The van der Waals surface area contributed by atoms with Gasteiger partial charge in [0.15, 0.2) is 11.6 Å². The predicted molar refractivity (Wildman–Crippen MR) is 130 cm³/mol. The molecule has 0 saturated carbocycles. The summed E-state index contributed by atoms with van der Waals surface area (Å²) >= 11 is 0. The van der Waals surface area contributed by atoms with Crippen molar-refractivity contribution in [1.29, 1.82) is 0 Å². The number of nitrogens with zero attached hydrogens (tertiary/aromatic N) is 2. The van der Waals surface area contributed by atoms with Crippen molar-refractivity contribution in [1.82, 2.24) is 9.97 Å². The summed E-state index contributed by atoms with van der Waals surface area (Å²) in [7, 11) is 0. The second kappa shape index (κ2) is 15.4. The van der Waals surface area contributed by atoms with Crippen molar-refractivity contribution in [3.05, 3.63) is 36.7 Å². The Morgan fingerprint density at radius 1 is 0.875 bits per heavy atom. The normalized spacial score (nSPS) is 11.8. The zero-order valence-corrected chi connectivity index (χ0v) is 20.1. The molecule has 176 valence electrons. The summed E-state index contributed by atoms with van der Waals surface area (Å²) in [5.74, 6) is 2.39. The highest BCUT2D eigenvalue weighted by molar-refractivity contribution is 5.72. The van der Waals surface area contributed by atoms with Gasteiger partial charge in [-0.3, -0.25) is 4.79 Å². The monoisotopic (exact) mass is 440 g/mol.